The van der Waals surface area contributed by atoms with Crippen molar-refractivity contribution in [2.24, 2.45) is 4.99 Å². The Labute approximate surface area is 61.6 Å². The van der Waals surface area contributed by atoms with Crippen molar-refractivity contribution in [3.05, 3.63) is 12.2 Å². The van der Waals surface area contributed by atoms with E-state index in [1.165, 1.54) is 0 Å². The number of aliphatic imine (C=N–C) groups is 1. The SMILES string of the molecule is CCC1=NC(OC)CC=C1. The zero-order valence-corrected chi connectivity index (χ0v) is 6.50. The second-order valence-electron chi connectivity index (χ2n) is 2.30. The molecule has 0 bridgehead atoms. The van der Waals surface area contributed by atoms with Crippen LogP contribution < -0.4 is 0 Å². The largest absolute Gasteiger partial charge is 0.359 e. The molecule has 1 unspecified atom stereocenters. The first-order valence-electron chi connectivity index (χ1n) is 3.62. The Morgan fingerprint density at radius 1 is 1.80 bits per heavy atom. The van der Waals surface area contributed by atoms with Crippen LogP contribution in [0.4, 0.5) is 0 Å². The van der Waals surface area contributed by atoms with Crippen molar-refractivity contribution in [3.8, 4) is 0 Å². The predicted molar refractivity (Wildman–Crippen MR) is 42.3 cm³/mol. The van der Waals surface area contributed by atoms with Gasteiger partial charge in [-0.1, -0.05) is 13.0 Å². The molecular weight excluding hydrogens is 126 g/mol. The first kappa shape index (κ1) is 7.48. The number of nitrogens with zero attached hydrogens (tertiary/aromatic N) is 1. The van der Waals surface area contributed by atoms with Crippen molar-refractivity contribution in [1.82, 2.24) is 0 Å². The minimum absolute atomic E-state index is 0.0694. The number of dihydropyridines is 1. The lowest BCUT2D eigenvalue weighted by molar-refractivity contribution is 0.112. The molecular formula is C8H13NO. The van der Waals surface area contributed by atoms with Gasteiger partial charge in [-0.05, 0) is 12.5 Å². The lowest BCUT2D eigenvalue weighted by Gasteiger charge is -2.13. The van der Waals surface area contributed by atoms with Crippen molar-refractivity contribution >= 4 is 5.71 Å². The topological polar surface area (TPSA) is 21.6 Å². The Morgan fingerprint density at radius 2 is 2.60 bits per heavy atom. The molecule has 2 nitrogen and oxygen atoms in total. The fourth-order valence-corrected chi connectivity index (χ4v) is 0.959. The van der Waals surface area contributed by atoms with Gasteiger partial charge in [0.2, 0.25) is 0 Å². The Morgan fingerprint density at radius 3 is 3.20 bits per heavy atom. The van der Waals surface area contributed by atoms with Gasteiger partial charge in [-0.25, -0.2) is 0 Å². The van der Waals surface area contributed by atoms with Gasteiger partial charge in [0.05, 0.1) is 0 Å². The molecule has 2 heteroatoms. The molecule has 0 amide bonds. The van der Waals surface area contributed by atoms with Gasteiger partial charge in [-0.3, -0.25) is 4.99 Å². The average molecular weight is 139 g/mol. The molecule has 1 aliphatic heterocycles. The third kappa shape index (κ3) is 1.67. The number of ether oxygens (including phenoxy) is 1. The second-order valence-corrected chi connectivity index (χ2v) is 2.30. The van der Waals surface area contributed by atoms with Crippen molar-refractivity contribution in [3.63, 3.8) is 0 Å². The van der Waals surface area contributed by atoms with Crippen LogP contribution in [0, 0.1) is 0 Å². The van der Waals surface area contributed by atoms with E-state index in [0.29, 0.717) is 0 Å². The lowest BCUT2D eigenvalue weighted by Crippen LogP contribution is -2.12. The summed E-state index contributed by atoms with van der Waals surface area (Å²) in [6.07, 6.45) is 6.16. The van der Waals surface area contributed by atoms with Gasteiger partial charge >= 0.3 is 0 Å². The minimum Gasteiger partial charge on any atom is -0.359 e. The zero-order chi connectivity index (χ0) is 7.40. The van der Waals surface area contributed by atoms with Crippen LogP contribution >= 0.6 is 0 Å². The van der Waals surface area contributed by atoms with Crippen molar-refractivity contribution in [2.45, 2.75) is 26.0 Å². The zero-order valence-electron chi connectivity index (χ0n) is 6.50. The van der Waals surface area contributed by atoms with Gasteiger partial charge in [0, 0.05) is 19.2 Å². The van der Waals surface area contributed by atoms with Crippen LogP contribution in [-0.2, 0) is 4.74 Å². The van der Waals surface area contributed by atoms with Gasteiger partial charge in [0.1, 0.15) is 0 Å². The monoisotopic (exact) mass is 139 g/mol. The van der Waals surface area contributed by atoms with E-state index in [4.69, 9.17) is 4.74 Å². The molecule has 1 aliphatic rings. The summed E-state index contributed by atoms with van der Waals surface area (Å²) < 4.78 is 5.08. The summed E-state index contributed by atoms with van der Waals surface area (Å²) in [5, 5.41) is 0. The molecule has 0 saturated carbocycles. The molecule has 0 aromatic carbocycles. The highest BCUT2D eigenvalue weighted by atomic mass is 16.5. The molecule has 56 valence electrons. The Kier molecular flexibility index (Phi) is 2.63. The van der Waals surface area contributed by atoms with Crippen LogP contribution in [0.2, 0.25) is 0 Å². The molecule has 0 aromatic heterocycles. The standard InChI is InChI=1S/C8H13NO/c1-3-7-5-4-6-8(9-7)10-2/h4-5,8H,3,6H2,1-2H3. The molecule has 0 N–H and O–H groups in total. The van der Waals surface area contributed by atoms with Crippen LogP contribution in [0.3, 0.4) is 0 Å². The normalized spacial score (nSPS) is 24.6. The van der Waals surface area contributed by atoms with Gasteiger partial charge in [0.25, 0.3) is 0 Å². The van der Waals surface area contributed by atoms with Crippen LogP contribution in [0.25, 0.3) is 0 Å². The lowest BCUT2D eigenvalue weighted by atomic mass is 10.2. The summed E-state index contributed by atoms with van der Waals surface area (Å²) in [4.78, 5) is 4.33. The number of rotatable bonds is 2. The van der Waals surface area contributed by atoms with E-state index in [1.54, 1.807) is 7.11 Å². The van der Waals surface area contributed by atoms with Gasteiger partial charge in [-0.15, -0.1) is 0 Å². The summed E-state index contributed by atoms with van der Waals surface area (Å²) in [6, 6.07) is 0. The molecule has 1 atom stereocenters. The molecule has 10 heavy (non-hydrogen) atoms. The molecule has 0 fully saturated rings. The predicted octanol–water partition coefficient (Wildman–Crippen LogP) is 1.77. The van der Waals surface area contributed by atoms with E-state index in [0.717, 1.165) is 18.6 Å². The quantitative estimate of drug-likeness (QED) is 0.571. The number of methoxy groups -OCH3 is 1. The molecule has 1 heterocycles. The van der Waals surface area contributed by atoms with Crippen molar-refractivity contribution in [1.29, 1.82) is 0 Å². The van der Waals surface area contributed by atoms with Crippen molar-refractivity contribution in [2.75, 3.05) is 7.11 Å². The maximum Gasteiger partial charge on any atom is 0.151 e. The fraction of sp³-hybridized carbons (Fsp3) is 0.625. The molecule has 0 spiro atoms. The maximum atomic E-state index is 5.08. The fourth-order valence-electron chi connectivity index (χ4n) is 0.959. The van der Waals surface area contributed by atoms with E-state index in [2.05, 4.69) is 24.1 Å². The van der Waals surface area contributed by atoms with Gasteiger partial charge in [-0.2, -0.15) is 0 Å². The summed E-state index contributed by atoms with van der Waals surface area (Å²) in [7, 11) is 1.70. The van der Waals surface area contributed by atoms with Gasteiger partial charge in [0.15, 0.2) is 6.23 Å². The van der Waals surface area contributed by atoms with E-state index in [9.17, 15) is 0 Å². The van der Waals surface area contributed by atoms with Crippen LogP contribution in [0.1, 0.15) is 19.8 Å². The number of hydrogen-bond donors (Lipinski definition) is 0. The highest BCUT2D eigenvalue weighted by Gasteiger charge is 2.06. The van der Waals surface area contributed by atoms with E-state index >= 15 is 0 Å². The smallest absolute Gasteiger partial charge is 0.151 e. The summed E-state index contributed by atoms with van der Waals surface area (Å²) in [5.41, 5.74) is 1.14. The molecule has 0 saturated heterocycles. The first-order chi connectivity index (χ1) is 4.86. The Bertz CT molecular complexity index is 161. The van der Waals surface area contributed by atoms with Gasteiger partial charge < -0.3 is 4.74 Å². The maximum absolute atomic E-state index is 5.08. The van der Waals surface area contributed by atoms with Crippen LogP contribution in [-0.4, -0.2) is 19.0 Å². The van der Waals surface area contributed by atoms with E-state index in [-0.39, 0.29) is 6.23 Å². The average Bonchev–Trinajstić information content (AvgIpc) is 2.05. The molecule has 0 aliphatic carbocycles. The molecule has 0 radical (unpaired) electrons. The first-order valence-corrected chi connectivity index (χ1v) is 3.62. The summed E-state index contributed by atoms with van der Waals surface area (Å²) >= 11 is 0. The summed E-state index contributed by atoms with van der Waals surface area (Å²) in [5.74, 6) is 0. The Balaban J connectivity index is 2.56. The Hall–Kier alpha value is -0.630. The second kappa shape index (κ2) is 3.52. The van der Waals surface area contributed by atoms with Crippen LogP contribution in [0.5, 0.6) is 0 Å². The number of hydrogen-bond acceptors (Lipinski definition) is 2. The summed E-state index contributed by atoms with van der Waals surface area (Å²) in [6.45, 7) is 2.10. The molecule has 0 aromatic rings. The third-order valence-corrected chi connectivity index (χ3v) is 1.59. The highest BCUT2D eigenvalue weighted by molar-refractivity contribution is 5.95. The van der Waals surface area contributed by atoms with Crippen LogP contribution in [0.15, 0.2) is 17.1 Å². The van der Waals surface area contributed by atoms with E-state index in [1.807, 2.05) is 0 Å². The molecule has 1 rings (SSSR count). The highest BCUT2D eigenvalue weighted by Crippen LogP contribution is 2.08. The number of allylic oxidation sites excluding steroid dienone is 1. The minimum atomic E-state index is 0.0694. The third-order valence-electron chi connectivity index (χ3n) is 1.59. The van der Waals surface area contributed by atoms with E-state index < -0.39 is 0 Å². The van der Waals surface area contributed by atoms with Crippen molar-refractivity contribution < 1.29 is 4.74 Å².